The molecule has 3 heterocycles. The van der Waals surface area contributed by atoms with E-state index in [1.54, 1.807) is 12.1 Å². The molecule has 0 aliphatic carbocycles. The molecule has 10 heteroatoms. The minimum Gasteiger partial charge on any atom is -0.494 e. The van der Waals surface area contributed by atoms with Gasteiger partial charge in [-0.1, -0.05) is 25.5 Å². The van der Waals surface area contributed by atoms with Crippen molar-refractivity contribution in [1.82, 2.24) is 23.1 Å². The van der Waals surface area contributed by atoms with Crippen LogP contribution in [0.4, 0.5) is 4.39 Å². The van der Waals surface area contributed by atoms with Gasteiger partial charge in [0.2, 0.25) is 11.7 Å². The summed E-state index contributed by atoms with van der Waals surface area (Å²) in [7, 11) is 2.79. The summed E-state index contributed by atoms with van der Waals surface area (Å²) < 4.78 is 18.0. The Morgan fingerprint density at radius 2 is 1.71 bits per heavy atom. The van der Waals surface area contributed by atoms with Crippen LogP contribution in [-0.4, -0.2) is 28.2 Å². The Bertz CT molecular complexity index is 1490. The van der Waals surface area contributed by atoms with Gasteiger partial charge in [-0.2, -0.15) is 4.98 Å². The van der Waals surface area contributed by atoms with Crippen molar-refractivity contribution in [1.29, 1.82) is 0 Å². The van der Waals surface area contributed by atoms with E-state index in [1.165, 1.54) is 35.4 Å². The number of unbranched alkanes of at least 4 members (excludes halogenated alkanes) is 1. The number of halogens is 1. The van der Waals surface area contributed by atoms with E-state index in [1.807, 2.05) is 6.92 Å². The highest BCUT2D eigenvalue weighted by Gasteiger charge is 2.24. The predicted octanol–water partition coefficient (Wildman–Crippen LogP) is 1.28. The molecule has 0 aliphatic rings. The molecule has 0 radical (unpaired) electrons. The Morgan fingerprint density at radius 3 is 2.35 bits per heavy atom. The van der Waals surface area contributed by atoms with Gasteiger partial charge in [-0.25, -0.2) is 13.6 Å². The van der Waals surface area contributed by atoms with Crippen molar-refractivity contribution in [3.05, 3.63) is 72.4 Å². The van der Waals surface area contributed by atoms with E-state index >= 15 is 0 Å². The van der Waals surface area contributed by atoms with Crippen molar-refractivity contribution < 1.29 is 9.50 Å². The lowest BCUT2D eigenvalue weighted by molar-refractivity contribution is 0.410. The number of hydrogen-bond donors (Lipinski definition) is 1. The molecule has 0 aliphatic heterocycles. The van der Waals surface area contributed by atoms with Gasteiger partial charge >= 0.3 is 5.69 Å². The molecule has 1 aromatic carbocycles. The van der Waals surface area contributed by atoms with E-state index in [-0.39, 0.29) is 34.9 Å². The summed E-state index contributed by atoms with van der Waals surface area (Å²) >= 11 is 0. The van der Waals surface area contributed by atoms with Crippen LogP contribution >= 0.6 is 0 Å². The molecule has 0 bridgehead atoms. The number of nitrogens with zero attached hydrogens (tertiary/aromatic N) is 5. The lowest BCUT2D eigenvalue weighted by atomic mass is 10.1. The van der Waals surface area contributed by atoms with E-state index in [2.05, 4.69) is 4.98 Å². The summed E-state index contributed by atoms with van der Waals surface area (Å²) in [5, 5.41) is 11.0. The molecule has 31 heavy (non-hydrogen) atoms. The average Bonchev–Trinajstić information content (AvgIpc) is 3.16. The van der Waals surface area contributed by atoms with Gasteiger partial charge < -0.3 is 5.11 Å². The third-order valence-corrected chi connectivity index (χ3v) is 5.50. The molecule has 0 unspecified atom stereocenters. The molecule has 162 valence electrons. The standard InChI is InChI=1S/C21H22FN5O4/c1-4-5-6-14-17(28)26(11-12-7-9-13(22)10-8-12)20-23-16-15(27(20)18(14)29)19(30)25(3)21(31)24(16)2/h7-10,28H,4-6,11H2,1-3H3. The number of rotatable bonds is 5. The van der Waals surface area contributed by atoms with E-state index < -0.39 is 22.6 Å². The molecule has 1 N–H and O–H groups in total. The van der Waals surface area contributed by atoms with Crippen molar-refractivity contribution in [2.24, 2.45) is 14.1 Å². The summed E-state index contributed by atoms with van der Waals surface area (Å²) in [4.78, 5) is 42.9. The second kappa shape index (κ2) is 7.53. The Balaban J connectivity index is 2.14. The monoisotopic (exact) mass is 427 g/mol. The molecule has 0 atom stereocenters. The first-order valence-electron chi connectivity index (χ1n) is 9.93. The Kier molecular flexibility index (Phi) is 5.00. The highest BCUT2D eigenvalue weighted by atomic mass is 19.1. The molecule has 0 saturated heterocycles. The Labute approximate surface area is 175 Å². The number of benzene rings is 1. The van der Waals surface area contributed by atoms with Crippen molar-refractivity contribution in [3.63, 3.8) is 0 Å². The first-order chi connectivity index (χ1) is 14.8. The first kappa shape index (κ1) is 20.6. The fourth-order valence-corrected chi connectivity index (χ4v) is 3.74. The molecule has 4 rings (SSSR count). The summed E-state index contributed by atoms with van der Waals surface area (Å²) in [6.45, 7) is 2.05. The highest BCUT2D eigenvalue weighted by Crippen LogP contribution is 2.22. The van der Waals surface area contributed by atoms with Gasteiger partial charge in [0, 0.05) is 14.1 Å². The summed E-state index contributed by atoms with van der Waals surface area (Å²) in [5.74, 6) is -0.625. The van der Waals surface area contributed by atoms with Crippen LogP contribution in [0.5, 0.6) is 5.88 Å². The van der Waals surface area contributed by atoms with Crippen molar-refractivity contribution in [2.45, 2.75) is 32.7 Å². The maximum atomic E-state index is 13.3. The minimum atomic E-state index is -0.650. The summed E-state index contributed by atoms with van der Waals surface area (Å²) in [6, 6.07) is 5.72. The topological polar surface area (TPSA) is 104 Å². The van der Waals surface area contributed by atoms with Crippen molar-refractivity contribution >= 4 is 16.9 Å². The van der Waals surface area contributed by atoms with Gasteiger partial charge in [0.15, 0.2) is 11.2 Å². The lowest BCUT2D eigenvalue weighted by Gasteiger charge is -2.14. The molecular weight excluding hydrogens is 405 g/mol. The van der Waals surface area contributed by atoms with E-state index in [0.717, 1.165) is 15.4 Å². The third-order valence-electron chi connectivity index (χ3n) is 5.50. The molecule has 0 fully saturated rings. The Hall–Kier alpha value is -3.69. The maximum absolute atomic E-state index is 13.3. The van der Waals surface area contributed by atoms with Crippen LogP contribution in [-0.2, 0) is 27.1 Å². The van der Waals surface area contributed by atoms with Crippen LogP contribution in [0.15, 0.2) is 38.6 Å². The highest BCUT2D eigenvalue weighted by molar-refractivity contribution is 5.75. The maximum Gasteiger partial charge on any atom is 0.332 e. The number of imidazole rings is 1. The summed E-state index contributed by atoms with van der Waals surface area (Å²) in [5.41, 5.74) is -0.934. The largest absolute Gasteiger partial charge is 0.494 e. The van der Waals surface area contributed by atoms with Crippen LogP contribution in [0.3, 0.4) is 0 Å². The second-order valence-corrected chi connectivity index (χ2v) is 7.55. The SMILES string of the molecule is CCCCc1c(O)n(Cc2ccc(F)cc2)c2nc3c(c(=O)n(C)c(=O)n3C)n2c1=O. The first-order valence-corrected chi connectivity index (χ1v) is 9.93. The molecule has 0 amide bonds. The Morgan fingerprint density at radius 1 is 1.03 bits per heavy atom. The summed E-state index contributed by atoms with van der Waals surface area (Å²) in [6.07, 6.45) is 1.77. The minimum absolute atomic E-state index is 0.0281. The smallest absolute Gasteiger partial charge is 0.332 e. The van der Waals surface area contributed by atoms with E-state index in [4.69, 9.17) is 0 Å². The van der Waals surface area contributed by atoms with Gasteiger partial charge in [0.25, 0.3) is 11.1 Å². The van der Waals surface area contributed by atoms with Crippen LogP contribution in [0.2, 0.25) is 0 Å². The fraction of sp³-hybridized carbons (Fsp3) is 0.333. The van der Waals surface area contributed by atoms with E-state index in [0.29, 0.717) is 18.4 Å². The molecule has 3 aromatic heterocycles. The quantitative estimate of drug-likeness (QED) is 0.517. The average molecular weight is 427 g/mol. The van der Waals surface area contributed by atoms with Crippen molar-refractivity contribution in [3.8, 4) is 5.88 Å². The zero-order valence-corrected chi connectivity index (χ0v) is 17.4. The number of aryl methyl sites for hydroxylation is 1. The van der Waals surface area contributed by atoms with Crippen LogP contribution < -0.4 is 16.8 Å². The normalized spacial score (nSPS) is 11.6. The fourth-order valence-electron chi connectivity index (χ4n) is 3.74. The van der Waals surface area contributed by atoms with Gasteiger partial charge in [-0.15, -0.1) is 0 Å². The number of fused-ring (bicyclic) bond motifs is 3. The third kappa shape index (κ3) is 3.15. The van der Waals surface area contributed by atoms with Gasteiger partial charge in [-0.3, -0.25) is 23.3 Å². The van der Waals surface area contributed by atoms with Gasteiger partial charge in [-0.05, 0) is 30.5 Å². The molecule has 9 nitrogen and oxygen atoms in total. The molecular formula is C21H22FN5O4. The van der Waals surface area contributed by atoms with E-state index in [9.17, 15) is 23.9 Å². The van der Waals surface area contributed by atoms with Gasteiger partial charge in [0.05, 0.1) is 12.1 Å². The zero-order chi connectivity index (χ0) is 22.4. The second-order valence-electron chi connectivity index (χ2n) is 7.55. The number of aromatic hydroxyl groups is 1. The van der Waals surface area contributed by atoms with Crippen LogP contribution in [0.1, 0.15) is 30.9 Å². The molecule has 4 aromatic rings. The lowest BCUT2D eigenvalue weighted by Crippen LogP contribution is -2.38. The van der Waals surface area contributed by atoms with Gasteiger partial charge in [0.1, 0.15) is 5.82 Å². The number of hydrogen-bond acceptors (Lipinski definition) is 5. The molecule has 0 spiro atoms. The predicted molar refractivity (Wildman–Crippen MR) is 113 cm³/mol. The zero-order valence-electron chi connectivity index (χ0n) is 17.4. The van der Waals surface area contributed by atoms with Crippen LogP contribution in [0.25, 0.3) is 16.9 Å². The number of aromatic nitrogens is 5. The molecule has 0 saturated carbocycles. The van der Waals surface area contributed by atoms with Crippen molar-refractivity contribution in [2.75, 3.05) is 0 Å². The van der Waals surface area contributed by atoms with Crippen LogP contribution in [0, 0.1) is 5.82 Å².